The summed E-state index contributed by atoms with van der Waals surface area (Å²) < 4.78 is 11.1. The van der Waals surface area contributed by atoms with Gasteiger partial charge >= 0.3 is 0 Å². The van der Waals surface area contributed by atoms with Crippen molar-refractivity contribution in [3.05, 3.63) is 50.9 Å². The zero-order valence-corrected chi connectivity index (χ0v) is 16.9. The third-order valence-electron chi connectivity index (χ3n) is 3.82. The summed E-state index contributed by atoms with van der Waals surface area (Å²) in [5.74, 6) is 0.780. The number of hydrogen-bond donors (Lipinski definition) is 1. The van der Waals surface area contributed by atoms with E-state index in [1.807, 2.05) is 0 Å². The first-order valence-corrected chi connectivity index (χ1v) is 9.44. The minimum absolute atomic E-state index is 0.0911. The average Bonchev–Trinajstić information content (AvgIpc) is 3.06. The van der Waals surface area contributed by atoms with Crippen LogP contribution in [-0.4, -0.2) is 37.0 Å². The van der Waals surface area contributed by atoms with Gasteiger partial charge in [-0.15, -0.1) is 0 Å². The van der Waals surface area contributed by atoms with Gasteiger partial charge in [0, 0.05) is 18.1 Å². The van der Waals surface area contributed by atoms with E-state index >= 15 is 0 Å². The van der Waals surface area contributed by atoms with Crippen molar-refractivity contribution in [2.24, 2.45) is 0 Å². The van der Waals surface area contributed by atoms with Gasteiger partial charge in [-0.25, -0.2) is 0 Å². The fraction of sp³-hybridized carbons (Fsp3) is 0.389. The van der Waals surface area contributed by atoms with Gasteiger partial charge in [0.2, 0.25) is 0 Å². The highest BCUT2D eigenvalue weighted by Gasteiger charge is 2.14. The van der Waals surface area contributed by atoms with E-state index in [2.05, 4.69) is 24.1 Å². The molecule has 1 aromatic carbocycles. The lowest BCUT2D eigenvalue weighted by Crippen LogP contribution is -2.34. The molecule has 0 spiro atoms. The number of benzene rings is 1. The van der Waals surface area contributed by atoms with Crippen molar-refractivity contribution in [1.82, 2.24) is 10.2 Å². The molecule has 142 valence electrons. The molecule has 2 rings (SSSR count). The lowest BCUT2D eigenvalue weighted by atomic mass is 10.3. The first-order chi connectivity index (χ1) is 12.4. The molecule has 0 bridgehead atoms. The summed E-state index contributed by atoms with van der Waals surface area (Å²) in [6, 6.07) is 6.37. The summed E-state index contributed by atoms with van der Waals surface area (Å²) in [6.07, 6.45) is 0. The smallest absolute Gasteiger partial charge is 0.287 e. The number of rotatable bonds is 9. The van der Waals surface area contributed by atoms with Crippen molar-refractivity contribution in [3.63, 3.8) is 0 Å². The number of carbonyl (C=O) groups excluding carboxylic acids is 1. The van der Waals surface area contributed by atoms with Crippen LogP contribution in [0.15, 0.2) is 28.7 Å². The molecule has 0 atom stereocenters. The molecule has 0 saturated carbocycles. The van der Waals surface area contributed by atoms with Crippen molar-refractivity contribution >= 4 is 40.7 Å². The Morgan fingerprint density at radius 1 is 1.15 bits per heavy atom. The van der Waals surface area contributed by atoms with E-state index in [0.29, 0.717) is 33.1 Å². The highest BCUT2D eigenvalue weighted by molar-refractivity contribution is 6.40. The first-order valence-electron chi connectivity index (χ1n) is 8.31. The van der Waals surface area contributed by atoms with E-state index in [1.165, 1.54) is 0 Å². The molecule has 0 aliphatic heterocycles. The minimum atomic E-state index is -0.258. The lowest BCUT2D eigenvalue weighted by Gasteiger charge is -2.17. The van der Waals surface area contributed by atoms with Gasteiger partial charge in [-0.05, 0) is 37.4 Å². The SMILES string of the molecule is CCN(CC)CCNC(=O)c1ccc(COc2c(Cl)cc(Cl)cc2Cl)o1. The Balaban J connectivity index is 1.88. The van der Waals surface area contributed by atoms with Gasteiger partial charge in [0.15, 0.2) is 11.5 Å². The summed E-state index contributed by atoms with van der Waals surface area (Å²) in [6.45, 7) is 7.52. The Hall–Kier alpha value is -1.40. The van der Waals surface area contributed by atoms with Crippen LogP contribution in [0.2, 0.25) is 15.1 Å². The molecule has 5 nitrogen and oxygen atoms in total. The fourth-order valence-corrected chi connectivity index (χ4v) is 3.27. The molecule has 1 heterocycles. The summed E-state index contributed by atoms with van der Waals surface area (Å²) in [5.41, 5.74) is 0. The van der Waals surface area contributed by atoms with Crippen molar-refractivity contribution in [3.8, 4) is 5.75 Å². The molecule has 26 heavy (non-hydrogen) atoms. The van der Waals surface area contributed by atoms with Crippen LogP contribution >= 0.6 is 34.8 Å². The number of ether oxygens (including phenoxy) is 1. The number of furan rings is 1. The summed E-state index contributed by atoms with van der Waals surface area (Å²) in [4.78, 5) is 14.3. The quantitative estimate of drug-likeness (QED) is 0.629. The van der Waals surface area contributed by atoms with Crippen molar-refractivity contribution < 1.29 is 13.9 Å². The van der Waals surface area contributed by atoms with Crippen molar-refractivity contribution in [2.75, 3.05) is 26.2 Å². The van der Waals surface area contributed by atoms with Gasteiger partial charge in [0.05, 0.1) is 10.0 Å². The monoisotopic (exact) mass is 418 g/mol. The van der Waals surface area contributed by atoms with Crippen molar-refractivity contribution in [1.29, 1.82) is 0 Å². The second kappa shape index (κ2) is 10.1. The Morgan fingerprint density at radius 3 is 2.42 bits per heavy atom. The number of hydrogen-bond acceptors (Lipinski definition) is 4. The van der Waals surface area contributed by atoms with E-state index in [-0.39, 0.29) is 18.3 Å². The normalized spacial score (nSPS) is 11.0. The first kappa shape index (κ1) is 20.9. The van der Waals surface area contributed by atoms with Crippen LogP contribution in [0.5, 0.6) is 5.75 Å². The Morgan fingerprint density at radius 2 is 1.81 bits per heavy atom. The molecule has 0 radical (unpaired) electrons. The zero-order valence-electron chi connectivity index (χ0n) is 14.7. The lowest BCUT2D eigenvalue weighted by molar-refractivity contribution is 0.0917. The van der Waals surface area contributed by atoms with E-state index in [0.717, 1.165) is 19.6 Å². The molecule has 1 aromatic heterocycles. The maximum atomic E-state index is 12.1. The van der Waals surface area contributed by atoms with Gasteiger partial charge in [0.1, 0.15) is 12.4 Å². The van der Waals surface area contributed by atoms with E-state index in [9.17, 15) is 4.79 Å². The van der Waals surface area contributed by atoms with Crippen LogP contribution in [0.3, 0.4) is 0 Å². The van der Waals surface area contributed by atoms with E-state index < -0.39 is 0 Å². The number of nitrogens with zero attached hydrogens (tertiary/aromatic N) is 1. The second-order valence-corrected chi connectivity index (χ2v) is 6.79. The highest BCUT2D eigenvalue weighted by Crippen LogP contribution is 2.36. The molecule has 1 N–H and O–H groups in total. The Kier molecular flexibility index (Phi) is 8.10. The van der Waals surface area contributed by atoms with Crippen molar-refractivity contribution in [2.45, 2.75) is 20.5 Å². The molecule has 0 aliphatic carbocycles. The Labute approximate surface area is 168 Å². The van der Waals surface area contributed by atoms with Gasteiger partial charge in [-0.2, -0.15) is 0 Å². The molecule has 1 amide bonds. The average molecular weight is 420 g/mol. The van der Waals surface area contributed by atoms with Gasteiger partial charge in [0.25, 0.3) is 5.91 Å². The molecule has 0 fully saturated rings. The largest absolute Gasteiger partial charge is 0.483 e. The zero-order chi connectivity index (χ0) is 19.1. The number of halogens is 3. The molecule has 8 heteroatoms. The van der Waals surface area contributed by atoms with Crippen LogP contribution in [-0.2, 0) is 6.61 Å². The maximum absolute atomic E-state index is 12.1. The summed E-state index contributed by atoms with van der Waals surface area (Å²) in [5, 5.41) is 3.88. The van der Waals surface area contributed by atoms with Crippen LogP contribution in [0.25, 0.3) is 0 Å². The summed E-state index contributed by atoms with van der Waals surface area (Å²) >= 11 is 18.0. The molecule has 0 unspecified atom stereocenters. The third-order valence-corrected chi connectivity index (χ3v) is 4.59. The molecule has 2 aromatic rings. The summed E-state index contributed by atoms with van der Waals surface area (Å²) in [7, 11) is 0. The Bertz CT molecular complexity index is 722. The molecular weight excluding hydrogens is 399 g/mol. The van der Waals surface area contributed by atoms with E-state index in [4.69, 9.17) is 44.0 Å². The predicted octanol–water partition coefficient (Wildman–Crippen LogP) is 4.89. The maximum Gasteiger partial charge on any atom is 0.287 e. The number of carbonyl (C=O) groups is 1. The second-order valence-electron chi connectivity index (χ2n) is 5.54. The van der Waals surface area contributed by atoms with Crippen LogP contribution < -0.4 is 10.1 Å². The highest BCUT2D eigenvalue weighted by atomic mass is 35.5. The third kappa shape index (κ3) is 5.81. The van der Waals surface area contributed by atoms with Gasteiger partial charge in [-0.3, -0.25) is 4.79 Å². The number of amides is 1. The molecular formula is C18H21Cl3N2O3. The van der Waals surface area contributed by atoms with Crippen LogP contribution in [0, 0.1) is 0 Å². The molecule has 0 aliphatic rings. The fourth-order valence-electron chi connectivity index (χ4n) is 2.34. The number of likely N-dealkylation sites (N-methyl/N-ethyl adjacent to an activating group) is 1. The minimum Gasteiger partial charge on any atom is -0.483 e. The van der Waals surface area contributed by atoms with Gasteiger partial charge in [-0.1, -0.05) is 48.7 Å². The van der Waals surface area contributed by atoms with Crippen LogP contribution in [0.4, 0.5) is 0 Å². The predicted molar refractivity (Wildman–Crippen MR) is 105 cm³/mol. The van der Waals surface area contributed by atoms with E-state index in [1.54, 1.807) is 24.3 Å². The molecule has 0 saturated heterocycles. The topological polar surface area (TPSA) is 54.7 Å². The standard InChI is InChI=1S/C18H21Cl3N2O3/c1-3-23(4-2)8-7-22-18(24)16-6-5-13(26-16)11-25-17-14(20)9-12(19)10-15(17)21/h5-6,9-10H,3-4,7-8,11H2,1-2H3,(H,22,24). The van der Waals surface area contributed by atoms with Crippen LogP contribution in [0.1, 0.15) is 30.2 Å². The van der Waals surface area contributed by atoms with Gasteiger partial charge < -0.3 is 19.4 Å². The number of nitrogens with one attached hydrogen (secondary N) is 1.